The molecule has 2 aromatic rings. The predicted molar refractivity (Wildman–Crippen MR) is 86.5 cm³/mol. The number of rotatable bonds is 4. The van der Waals surface area contributed by atoms with Gasteiger partial charge in [0.05, 0.1) is 11.3 Å². The fourth-order valence-corrected chi connectivity index (χ4v) is 2.84. The van der Waals surface area contributed by atoms with Gasteiger partial charge in [-0.05, 0) is 37.1 Å². The fraction of sp³-hybridized carbons (Fsp3) is 0.250. The van der Waals surface area contributed by atoms with E-state index in [0.29, 0.717) is 16.3 Å². The number of nitrogens with one attached hydrogen (secondary N) is 1. The average Bonchev–Trinajstić information content (AvgIpc) is 2.48. The molecular formula is C16H16N4OS. The summed E-state index contributed by atoms with van der Waals surface area (Å²) in [6, 6.07) is 9.81. The van der Waals surface area contributed by atoms with Gasteiger partial charge in [-0.2, -0.15) is 10.4 Å². The molecule has 6 heteroatoms. The molecule has 1 aromatic carbocycles. The summed E-state index contributed by atoms with van der Waals surface area (Å²) in [5.74, 6) is 0.552. The maximum Gasteiger partial charge on any atom is 0.221 e. The average molecular weight is 312 g/mol. The maximum atomic E-state index is 11.1. The Morgan fingerprint density at radius 3 is 2.82 bits per heavy atom. The van der Waals surface area contributed by atoms with Crippen molar-refractivity contribution >= 4 is 23.4 Å². The summed E-state index contributed by atoms with van der Waals surface area (Å²) in [5, 5.41) is 20.9. The number of hydrogen-bond acceptors (Lipinski definition) is 5. The number of thioether (sulfide) groups is 1. The Bertz CT molecular complexity index is 752. The number of aryl methyl sites for hydroxylation is 1. The normalized spacial score (nSPS) is 10.1. The van der Waals surface area contributed by atoms with Crippen LogP contribution >= 0.6 is 11.8 Å². The first-order chi connectivity index (χ1) is 10.5. The molecule has 0 bridgehead atoms. The first-order valence-corrected chi connectivity index (χ1v) is 7.73. The van der Waals surface area contributed by atoms with Crippen molar-refractivity contribution in [3.8, 4) is 6.07 Å². The third-order valence-electron chi connectivity index (χ3n) is 3.16. The largest absolute Gasteiger partial charge is 0.326 e. The highest BCUT2D eigenvalue weighted by molar-refractivity contribution is 7.98. The van der Waals surface area contributed by atoms with E-state index in [4.69, 9.17) is 0 Å². The predicted octanol–water partition coefficient (Wildman–Crippen LogP) is 3.22. The lowest BCUT2D eigenvalue weighted by molar-refractivity contribution is -0.114. The van der Waals surface area contributed by atoms with Gasteiger partial charge >= 0.3 is 0 Å². The Morgan fingerprint density at radius 2 is 2.14 bits per heavy atom. The standard InChI is InChI=1S/C16H16N4OS/c1-10-11(2)19-20-16(15(10)8-17)22-9-13-5-4-6-14(7-13)18-12(3)21/h4-7H,9H2,1-3H3,(H,18,21). The minimum atomic E-state index is -0.100. The van der Waals surface area contributed by atoms with Crippen LogP contribution in [0.5, 0.6) is 0 Å². The molecule has 1 N–H and O–H groups in total. The SMILES string of the molecule is CC(=O)Nc1cccc(CSc2nnc(C)c(C)c2C#N)c1. The van der Waals surface area contributed by atoms with Crippen LogP contribution in [0.4, 0.5) is 5.69 Å². The molecule has 0 atom stereocenters. The van der Waals surface area contributed by atoms with Crippen LogP contribution in [0, 0.1) is 25.2 Å². The molecule has 22 heavy (non-hydrogen) atoms. The van der Waals surface area contributed by atoms with E-state index in [1.165, 1.54) is 18.7 Å². The van der Waals surface area contributed by atoms with Gasteiger partial charge in [0, 0.05) is 18.4 Å². The Morgan fingerprint density at radius 1 is 1.36 bits per heavy atom. The molecular weight excluding hydrogens is 296 g/mol. The maximum absolute atomic E-state index is 11.1. The van der Waals surface area contributed by atoms with Crippen LogP contribution in [0.25, 0.3) is 0 Å². The van der Waals surface area contributed by atoms with E-state index in [2.05, 4.69) is 21.6 Å². The summed E-state index contributed by atoms with van der Waals surface area (Å²) < 4.78 is 0. The van der Waals surface area contributed by atoms with Gasteiger partial charge in [0.2, 0.25) is 5.91 Å². The second-order valence-corrected chi connectivity index (χ2v) is 5.84. The highest BCUT2D eigenvalue weighted by Gasteiger charge is 2.11. The Balaban J connectivity index is 2.16. The molecule has 0 saturated carbocycles. The first-order valence-electron chi connectivity index (χ1n) is 6.74. The zero-order chi connectivity index (χ0) is 16.1. The number of nitrogens with zero attached hydrogens (tertiary/aromatic N) is 3. The Kier molecular flexibility index (Phi) is 5.12. The Hall–Kier alpha value is -2.39. The summed E-state index contributed by atoms with van der Waals surface area (Å²) in [6.45, 7) is 5.20. The van der Waals surface area contributed by atoms with Gasteiger partial charge in [-0.25, -0.2) is 0 Å². The minimum Gasteiger partial charge on any atom is -0.326 e. The zero-order valence-corrected chi connectivity index (χ0v) is 13.5. The van der Waals surface area contributed by atoms with E-state index in [0.717, 1.165) is 22.5 Å². The van der Waals surface area contributed by atoms with E-state index in [9.17, 15) is 10.1 Å². The van der Waals surface area contributed by atoms with Gasteiger partial charge in [-0.1, -0.05) is 23.9 Å². The number of carbonyl (C=O) groups is 1. The van der Waals surface area contributed by atoms with Gasteiger partial charge in [0.15, 0.2) is 0 Å². The molecule has 0 aliphatic carbocycles. The van der Waals surface area contributed by atoms with E-state index < -0.39 is 0 Å². The molecule has 2 rings (SSSR count). The fourth-order valence-electron chi connectivity index (χ4n) is 1.91. The topological polar surface area (TPSA) is 78.7 Å². The number of amides is 1. The van der Waals surface area contributed by atoms with Crippen LogP contribution in [0.1, 0.15) is 29.3 Å². The number of hydrogen-bond donors (Lipinski definition) is 1. The number of nitriles is 1. The van der Waals surface area contributed by atoms with Crippen molar-refractivity contribution in [3.05, 3.63) is 46.6 Å². The lowest BCUT2D eigenvalue weighted by Crippen LogP contribution is -2.05. The smallest absolute Gasteiger partial charge is 0.221 e. The van der Waals surface area contributed by atoms with Gasteiger partial charge in [-0.15, -0.1) is 5.10 Å². The summed E-state index contributed by atoms with van der Waals surface area (Å²) in [4.78, 5) is 11.1. The van der Waals surface area contributed by atoms with Gasteiger partial charge < -0.3 is 5.32 Å². The summed E-state index contributed by atoms with van der Waals surface area (Å²) in [5.41, 5.74) is 4.02. The highest BCUT2D eigenvalue weighted by atomic mass is 32.2. The van der Waals surface area contributed by atoms with Crippen molar-refractivity contribution in [2.45, 2.75) is 31.6 Å². The van der Waals surface area contributed by atoms with Crippen LogP contribution < -0.4 is 5.32 Å². The number of anilines is 1. The molecule has 0 aliphatic rings. The summed E-state index contributed by atoms with van der Waals surface area (Å²) >= 11 is 1.47. The molecule has 1 aromatic heterocycles. The van der Waals surface area contributed by atoms with Crippen LogP contribution in [0.2, 0.25) is 0 Å². The molecule has 0 saturated heterocycles. The highest BCUT2D eigenvalue weighted by Crippen LogP contribution is 2.27. The van der Waals surface area contributed by atoms with Crippen molar-refractivity contribution in [2.24, 2.45) is 0 Å². The molecule has 1 heterocycles. The second-order valence-electron chi connectivity index (χ2n) is 4.87. The van der Waals surface area contributed by atoms with Gasteiger partial charge in [0.1, 0.15) is 11.1 Å². The third kappa shape index (κ3) is 3.83. The van der Waals surface area contributed by atoms with Crippen molar-refractivity contribution in [1.82, 2.24) is 10.2 Å². The molecule has 0 radical (unpaired) electrons. The number of benzene rings is 1. The number of aromatic nitrogens is 2. The molecule has 0 unspecified atom stereocenters. The summed E-state index contributed by atoms with van der Waals surface area (Å²) in [7, 11) is 0. The molecule has 5 nitrogen and oxygen atoms in total. The van der Waals surface area contributed by atoms with E-state index in [-0.39, 0.29) is 5.91 Å². The zero-order valence-electron chi connectivity index (χ0n) is 12.7. The van der Waals surface area contributed by atoms with Crippen LogP contribution in [-0.4, -0.2) is 16.1 Å². The third-order valence-corrected chi connectivity index (χ3v) is 4.19. The molecule has 112 valence electrons. The quantitative estimate of drug-likeness (QED) is 0.877. The van der Waals surface area contributed by atoms with Crippen molar-refractivity contribution in [2.75, 3.05) is 5.32 Å². The van der Waals surface area contributed by atoms with Gasteiger partial charge in [-0.3, -0.25) is 4.79 Å². The van der Waals surface area contributed by atoms with E-state index in [1.54, 1.807) is 0 Å². The van der Waals surface area contributed by atoms with E-state index in [1.807, 2.05) is 38.1 Å². The monoisotopic (exact) mass is 312 g/mol. The Labute approximate surface area is 133 Å². The lowest BCUT2D eigenvalue weighted by Gasteiger charge is -2.08. The van der Waals surface area contributed by atoms with Crippen LogP contribution in [-0.2, 0) is 10.5 Å². The van der Waals surface area contributed by atoms with Gasteiger partial charge in [0.25, 0.3) is 0 Å². The number of carbonyl (C=O) groups excluding carboxylic acids is 1. The first kappa shape index (κ1) is 16.0. The minimum absolute atomic E-state index is 0.100. The summed E-state index contributed by atoms with van der Waals surface area (Å²) in [6.07, 6.45) is 0. The van der Waals surface area contributed by atoms with Crippen molar-refractivity contribution in [3.63, 3.8) is 0 Å². The van der Waals surface area contributed by atoms with Crippen LogP contribution in [0.15, 0.2) is 29.3 Å². The molecule has 0 spiro atoms. The molecule has 0 aliphatic heterocycles. The molecule has 1 amide bonds. The second kappa shape index (κ2) is 7.05. The lowest BCUT2D eigenvalue weighted by atomic mass is 10.1. The van der Waals surface area contributed by atoms with E-state index >= 15 is 0 Å². The van der Waals surface area contributed by atoms with Crippen molar-refractivity contribution in [1.29, 1.82) is 5.26 Å². The van der Waals surface area contributed by atoms with Crippen molar-refractivity contribution < 1.29 is 4.79 Å². The molecule has 0 fully saturated rings. The van der Waals surface area contributed by atoms with Crippen LogP contribution in [0.3, 0.4) is 0 Å².